The molecule has 106 valence electrons. The predicted molar refractivity (Wildman–Crippen MR) is 86.3 cm³/mol. The molecular weight excluding hydrogens is 389 g/mol. The average molecular weight is 403 g/mol. The Bertz CT molecular complexity index is 632. The molecule has 1 heterocycles. The monoisotopic (exact) mass is 401 g/mol. The first kappa shape index (κ1) is 15.4. The fraction of sp³-hybridized carbons (Fsp3) is 0.286. The molecule has 0 spiro atoms. The van der Waals surface area contributed by atoms with Gasteiger partial charge in [0.2, 0.25) is 0 Å². The van der Waals surface area contributed by atoms with E-state index in [-0.39, 0.29) is 5.82 Å². The molecule has 1 aromatic carbocycles. The molecule has 3 nitrogen and oxygen atoms in total. The van der Waals surface area contributed by atoms with Gasteiger partial charge in [0.05, 0.1) is 14.6 Å². The van der Waals surface area contributed by atoms with Gasteiger partial charge in [0.15, 0.2) is 5.82 Å². The van der Waals surface area contributed by atoms with Crippen LogP contribution in [0, 0.1) is 12.7 Å². The van der Waals surface area contributed by atoms with Crippen molar-refractivity contribution in [2.45, 2.75) is 20.3 Å². The topological polar surface area (TPSA) is 37.8 Å². The third kappa shape index (κ3) is 3.35. The maximum absolute atomic E-state index is 13.6. The van der Waals surface area contributed by atoms with Gasteiger partial charge in [0, 0.05) is 12.1 Å². The van der Waals surface area contributed by atoms with Crippen LogP contribution in [0.5, 0.6) is 0 Å². The Morgan fingerprint density at radius 1 is 1.25 bits per heavy atom. The highest BCUT2D eigenvalue weighted by Gasteiger charge is 2.11. The molecular formula is C14H14Br2FN3. The molecule has 0 saturated heterocycles. The minimum atomic E-state index is -0.324. The quantitative estimate of drug-likeness (QED) is 0.787. The summed E-state index contributed by atoms with van der Waals surface area (Å²) in [6.45, 7) is 4.80. The van der Waals surface area contributed by atoms with Gasteiger partial charge in [0.1, 0.15) is 11.6 Å². The minimum Gasteiger partial charge on any atom is -0.369 e. The lowest BCUT2D eigenvalue weighted by atomic mass is 10.2. The minimum absolute atomic E-state index is 0.324. The fourth-order valence-electron chi connectivity index (χ4n) is 1.68. The molecule has 0 saturated carbocycles. The molecule has 6 heteroatoms. The molecule has 0 aliphatic rings. The lowest BCUT2D eigenvalue weighted by Gasteiger charge is -2.11. The van der Waals surface area contributed by atoms with E-state index < -0.39 is 0 Å². The van der Waals surface area contributed by atoms with E-state index in [0.717, 1.165) is 29.0 Å². The van der Waals surface area contributed by atoms with Gasteiger partial charge in [0.25, 0.3) is 0 Å². The van der Waals surface area contributed by atoms with Crippen LogP contribution < -0.4 is 5.32 Å². The molecule has 2 aromatic rings. The number of hydrogen-bond acceptors (Lipinski definition) is 3. The SMILES string of the molecule is CCCNc1nc(-c2ccc(Br)c(F)c2)nc(C)c1Br. The second-order valence-electron chi connectivity index (χ2n) is 4.35. The first-order valence-electron chi connectivity index (χ1n) is 6.26. The van der Waals surface area contributed by atoms with Crippen LogP contribution in [0.3, 0.4) is 0 Å². The number of anilines is 1. The molecule has 1 N–H and O–H groups in total. The maximum Gasteiger partial charge on any atom is 0.161 e. The summed E-state index contributed by atoms with van der Waals surface area (Å²) in [6, 6.07) is 4.88. The van der Waals surface area contributed by atoms with Gasteiger partial charge in [-0.2, -0.15) is 0 Å². The number of halogens is 3. The number of nitrogens with zero attached hydrogens (tertiary/aromatic N) is 2. The number of aryl methyl sites for hydroxylation is 1. The highest BCUT2D eigenvalue weighted by molar-refractivity contribution is 9.11. The molecule has 0 atom stereocenters. The van der Waals surface area contributed by atoms with Crippen molar-refractivity contribution in [3.63, 3.8) is 0 Å². The maximum atomic E-state index is 13.6. The third-order valence-electron chi connectivity index (χ3n) is 2.74. The van der Waals surface area contributed by atoms with Crippen LogP contribution in [0.25, 0.3) is 11.4 Å². The Balaban J connectivity index is 2.45. The molecule has 0 fully saturated rings. The summed E-state index contributed by atoms with van der Waals surface area (Å²) >= 11 is 6.62. The number of aromatic nitrogens is 2. The van der Waals surface area contributed by atoms with Crippen LogP contribution in [0.1, 0.15) is 19.0 Å². The lowest BCUT2D eigenvalue weighted by Crippen LogP contribution is -2.06. The molecule has 2 rings (SSSR count). The first-order valence-corrected chi connectivity index (χ1v) is 7.85. The second-order valence-corrected chi connectivity index (χ2v) is 6.00. The molecule has 0 unspecified atom stereocenters. The van der Waals surface area contributed by atoms with Crippen LogP contribution in [0.4, 0.5) is 10.2 Å². The summed E-state index contributed by atoms with van der Waals surface area (Å²) in [4.78, 5) is 8.86. The Morgan fingerprint density at radius 3 is 2.65 bits per heavy atom. The van der Waals surface area contributed by atoms with Gasteiger partial charge in [-0.3, -0.25) is 0 Å². The number of hydrogen-bond donors (Lipinski definition) is 1. The van der Waals surface area contributed by atoms with Crippen molar-refractivity contribution in [3.05, 3.63) is 38.7 Å². The van der Waals surface area contributed by atoms with Gasteiger partial charge in [-0.25, -0.2) is 14.4 Å². The number of benzene rings is 1. The largest absolute Gasteiger partial charge is 0.369 e. The number of nitrogens with one attached hydrogen (secondary N) is 1. The zero-order chi connectivity index (χ0) is 14.7. The second kappa shape index (κ2) is 6.63. The van der Waals surface area contributed by atoms with E-state index >= 15 is 0 Å². The fourth-order valence-corrected chi connectivity index (χ4v) is 2.25. The van der Waals surface area contributed by atoms with Crippen LogP contribution in [0.15, 0.2) is 27.1 Å². The van der Waals surface area contributed by atoms with E-state index in [1.807, 2.05) is 6.92 Å². The molecule has 0 amide bonds. The molecule has 0 bridgehead atoms. The van der Waals surface area contributed by atoms with Gasteiger partial charge in [-0.15, -0.1) is 0 Å². The third-order valence-corrected chi connectivity index (χ3v) is 4.33. The van der Waals surface area contributed by atoms with Crippen molar-refractivity contribution >= 4 is 37.7 Å². The van der Waals surface area contributed by atoms with Crippen molar-refractivity contribution in [3.8, 4) is 11.4 Å². The highest BCUT2D eigenvalue weighted by atomic mass is 79.9. The van der Waals surface area contributed by atoms with E-state index in [1.165, 1.54) is 6.07 Å². The van der Waals surface area contributed by atoms with Crippen LogP contribution in [-0.4, -0.2) is 16.5 Å². The van der Waals surface area contributed by atoms with Crippen molar-refractivity contribution in [1.82, 2.24) is 9.97 Å². The summed E-state index contributed by atoms with van der Waals surface area (Å²) in [5.41, 5.74) is 1.47. The average Bonchev–Trinajstić information content (AvgIpc) is 2.43. The smallest absolute Gasteiger partial charge is 0.161 e. The Hall–Kier alpha value is -1.01. The van der Waals surface area contributed by atoms with Gasteiger partial charge < -0.3 is 5.32 Å². The molecule has 0 aliphatic heterocycles. The highest BCUT2D eigenvalue weighted by Crippen LogP contribution is 2.28. The zero-order valence-corrected chi connectivity index (χ0v) is 14.3. The van der Waals surface area contributed by atoms with Crippen molar-refractivity contribution in [2.75, 3.05) is 11.9 Å². The first-order chi connectivity index (χ1) is 9.52. The summed E-state index contributed by atoms with van der Waals surface area (Å²) in [7, 11) is 0. The normalized spacial score (nSPS) is 10.7. The van der Waals surface area contributed by atoms with Crippen LogP contribution in [0.2, 0.25) is 0 Å². The van der Waals surface area contributed by atoms with Crippen molar-refractivity contribution in [1.29, 1.82) is 0 Å². The summed E-state index contributed by atoms with van der Waals surface area (Å²) in [5.74, 6) is 0.920. The summed E-state index contributed by atoms with van der Waals surface area (Å²) in [5, 5.41) is 3.24. The van der Waals surface area contributed by atoms with E-state index in [1.54, 1.807) is 12.1 Å². The van der Waals surface area contributed by atoms with E-state index in [0.29, 0.717) is 15.9 Å². The summed E-state index contributed by atoms with van der Waals surface area (Å²) < 4.78 is 14.9. The molecule has 0 aliphatic carbocycles. The van der Waals surface area contributed by atoms with E-state index in [4.69, 9.17) is 0 Å². The molecule has 0 radical (unpaired) electrons. The Morgan fingerprint density at radius 2 is 2.00 bits per heavy atom. The van der Waals surface area contributed by atoms with Crippen molar-refractivity contribution < 1.29 is 4.39 Å². The standard InChI is InChI=1S/C14H14Br2FN3/c1-3-6-18-14-12(16)8(2)19-13(20-14)9-4-5-10(15)11(17)7-9/h4-5,7H,3,6H2,1-2H3,(H,18,19,20). The lowest BCUT2D eigenvalue weighted by molar-refractivity contribution is 0.621. The van der Waals surface area contributed by atoms with Crippen molar-refractivity contribution in [2.24, 2.45) is 0 Å². The van der Waals surface area contributed by atoms with Crippen LogP contribution >= 0.6 is 31.9 Å². The Labute approximate surface area is 134 Å². The Kier molecular flexibility index (Phi) is 5.10. The summed E-state index contributed by atoms with van der Waals surface area (Å²) in [6.07, 6.45) is 0.998. The number of rotatable bonds is 4. The van der Waals surface area contributed by atoms with Gasteiger partial charge >= 0.3 is 0 Å². The van der Waals surface area contributed by atoms with Gasteiger partial charge in [-0.05, 0) is 63.4 Å². The van der Waals surface area contributed by atoms with Crippen LogP contribution in [-0.2, 0) is 0 Å². The van der Waals surface area contributed by atoms with E-state index in [9.17, 15) is 4.39 Å². The molecule has 20 heavy (non-hydrogen) atoms. The van der Waals surface area contributed by atoms with E-state index in [2.05, 4.69) is 54.1 Å². The van der Waals surface area contributed by atoms with Gasteiger partial charge in [-0.1, -0.05) is 6.92 Å². The zero-order valence-electron chi connectivity index (χ0n) is 11.2. The molecule has 1 aromatic heterocycles. The predicted octanol–water partition coefficient (Wildman–Crippen LogP) is 4.94.